The quantitative estimate of drug-likeness (QED) is 0.398. The normalized spacial score (nSPS) is 10.1. The van der Waals surface area contributed by atoms with Gasteiger partial charge in [0.25, 0.3) is 0 Å². The molecule has 0 aliphatic heterocycles. The molecule has 6 heteroatoms. The topological polar surface area (TPSA) is 17.1 Å². The van der Waals surface area contributed by atoms with Crippen molar-refractivity contribution in [3.05, 3.63) is 42.6 Å². The first-order chi connectivity index (χ1) is 6.34. The number of Topliss-reactive ketones (excluding diaryl/α,β-unsaturated/α-hetero) is 1. The second-order valence-corrected chi connectivity index (χ2v) is 2.72. The fraction of sp³-hybridized carbons (Fsp3) is 0.200. The number of carbonyl (C=O) groups is 1. The van der Waals surface area contributed by atoms with Crippen molar-refractivity contribution in [2.45, 2.75) is 13.1 Å². The van der Waals surface area contributed by atoms with Crippen LogP contribution in [-0.4, -0.2) is 5.78 Å². The van der Waals surface area contributed by atoms with Gasteiger partial charge in [-0.25, -0.2) is 4.39 Å². The Kier molecular flexibility index (Phi) is 6.78. The molecular weight excluding hydrogens is 396 g/mol. The van der Waals surface area contributed by atoms with Crippen molar-refractivity contribution in [2.24, 2.45) is 0 Å². The molecule has 0 aliphatic rings. The van der Waals surface area contributed by atoms with Crippen LogP contribution in [0.15, 0.2) is 18.2 Å². The van der Waals surface area contributed by atoms with Crippen molar-refractivity contribution in [2.75, 3.05) is 0 Å². The van der Waals surface area contributed by atoms with E-state index in [0.717, 1.165) is 19.1 Å². The zero-order valence-corrected chi connectivity index (χ0v) is 11.5. The van der Waals surface area contributed by atoms with Crippen molar-refractivity contribution >= 4 is 5.78 Å². The van der Waals surface area contributed by atoms with Crippen LogP contribution >= 0.6 is 0 Å². The number of hydrogen-bond donors (Lipinski definition) is 0. The predicted octanol–water partition coefficient (Wildman–Crippen LogP) is 3.49. The molecule has 0 amide bonds. The minimum atomic E-state index is -4.71. The van der Waals surface area contributed by atoms with Crippen LogP contribution in [-0.2, 0) is 27.2 Å². The van der Waals surface area contributed by atoms with Crippen LogP contribution in [0, 0.1) is 13.2 Å². The number of carbonyl (C=O) groups excluding carboxylic acids is 1. The number of rotatable bonds is 1. The van der Waals surface area contributed by atoms with Gasteiger partial charge in [0.15, 0.2) is 5.78 Å². The van der Waals surface area contributed by atoms with E-state index in [2.05, 4.69) is 0 Å². The summed E-state index contributed by atoms with van der Waals surface area (Å²) in [5.74, 6) is -2.08. The summed E-state index contributed by atoms with van der Waals surface area (Å²) >= 11 is 0. The Bertz CT molecular complexity index is 374. The van der Waals surface area contributed by atoms with Gasteiger partial charge < -0.3 is 7.43 Å². The Morgan fingerprint density at radius 1 is 1.25 bits per heavy atom. The number of alkyl halides is 3. The zero-order chi connectivity index (χ0) is 10.9. The van der Waals surface area contributed by atoms with E-state index in [9.17, 15) is 22.4 Å². The molecule has 0 atom stereocenters. The maximum absolute atomic E-state index is 12.9. The maximum atomic E-state index is 12.9. The molecule has 0 aromatic heterocycles. The van der Waals surface area contributed by atoms with Crippen LogP contribution in [0.4, 0.5) is 17.6 Å². The molecule has 1 aromatic carbocycles. The van der Waals surface area contributed by atoms with E-state index >= 15 is 0 Å². The molecule has 16 heavy (non-hydrogen) atoms. The molecule has 0 N–H and O–H groups in total. The van der Waals surface area contributed by atoms with Crippen molar-refractivity contribution in [3.63, 3.8) is 0 Å². The Morgan fingerprint density at radius 3 is 2.06 bits per heavy atom. The van der Waals surface area contributed by atoms with Crippen LogP contribution in [0.2, 0.25) is 0 Å². The first kappa shape index (κ1) is 17.7. The molecule has 0 bridgehead atoms. The number of ketones is 1. The van der Waals surface area contributed by atoms with E-state index in [-0.39, 0.29) is 28.5 Å². The van der Waals surface area contributed by atoms with Gasteiger partial charge in [0.2, 0.25) is 0 Å². The van der Waals surface area contributed by atoms with Gasteiger partial charge in [-0.05, 0) is 19.1 Å². The minimum Gasteiger partial charge on any atom is -0.358 e. The van der Waals surface area contributed by atoms with Gasteiger partial charge in [-0.2, -0.15) is 13.2 Å². The molecule has 0 unspecified atom stereocenters. The fourth-order valence-electron chi connectivity index (χ4n) is 1.12. The van der Waals surface area contributed by atoms with Crippen LogP contribution in [0.1, 0.15) is 22.8 Å². The van der Waals surface area contributed by atoms with Crippen molar-refractivity contribution in [3.8, 4) is 0 Å². The molecule has 1 rings (SSSR count). The smallest absolute Gasteiger partial charge is 0.358 e. The third-order valence-corrected chi connectivity index (χ3v) is 1.67. The molecule has 0 heterocycles. The standard InChI is InChI=1S/C9H6F4O.CH3.W/c1-5(14)8-6(9(11,12)13)3-2-4-7(8)10;;/h2-4H,1H3;1H3;/q;-1;. The average molecular weight is 405 g/mol. The van der Waals surface area contributed by atoms with E-state index in [1.165, 1.54) is 0 Å². The molecule has 0 spiro atoms. The van der Waals surface area contributed by atoms with E-state index < -0.39 is 28.9 Å². The van der Waals surface area contributed by atoms with Gasteiger partial charge in [-0.1, -0.05) is 6.07 Å². The maximum Gasteiger partial charge on any atom is 0.417 e. The summed E-state index contributed by atoms with van der Waals surface area (Å²) in [5, 5.41) is 0. The Labute approximate surface area is 105 Å². The number of benzene rings is 1. The molecule has 0 aliphatic carbocycles. The molecule has 0 saturated heterocycles. The molecule has 1 nitrogen and oxygen atoms in total. The van der Waals surface area contributed by atoms with Crippen molar-refractivity contribution in [1.29, 1.82) is 0 Å². The largest absolute Gasteiger partial charge is 0.417 e. The monoisotopic (exact) mass is 405 g/mol. The van der Waals surface area contributed by atoms with E-state index in [1.54, 1.807) is 0 Å². The van der Waals surface area contributed by atoms with Gasteiger partial charge in [0, 0.05) is 21.1 Å². The van der Waals surface area contributed by atoms with E-state index in [4.69, 9.17) is 0 Å². The molecule has 0 saturated carbocycles. The summed E-state index contributed by atoms with van der Waals surface area (Å²) in [6.07, 6.45) is -4.71. The van der Waals surface area contributed by atoms with E-state index in [1.807, 2.05) is 0 Å². The second kappa shape index (κ2) is 6.14. The minimum absolute atomic E-state index is 0. The van der Waals surface area contributed by atoms with E-state index in [0.29, 0.717) is 6.07 Å². The molecular formula is C10H9F4OW-. The molecule has 0 fully saturated rings. The van der Waals surface area contributed by atoms with Crippen LogP contribution < -0.4 is 0 Å². The van der Waals surface area contributed by atoms with Gasteiger partial charge in [-0.3, -0.25) is 4.79 Å². The summed E-state index contributed by atoms with van der Waals surface area (Å²) in [7, 11) is 0. The molecule has 90 valence electrons. The third kappa shape index (κ3) is 3.71. The fourth-order valence-corrected chi connectivity index (χ4v) is 1.12. The van der Waals surface area contributed by atoms with Gasteiger partial charge in [0.1, 0.15) is 5.82 Å². The van der Waals surface area contributed by atoms with Gasteiger partial charge >= 0.3 is 6.18 Å². The van der Waals surface area contributed by atoms with Crippen LogP contribution in [0.25, 0.3) is 0 Å². The summed E-state index contributed by atoms with van der Waals surface area (Å²) in [4.78, 5) is 10.8. The summed E-state index contributed by atoms with van der Waals surface area (Å²) in [5.41, 5.74) is -2.13. The first-order valence-electron chi connectivity index (χ1n) is 3.70. The summed E-state index contributed by atoms with van der Waals surface area (Å²) < 4.78 is 49.7. The van der Waals surface area contributed by atoms with Crippen molar-refractivity contribution < 1.29 is 43.4 Å². The average Bonchev–Trinajstić information content (AvgIpc) is 2.01. The van der Waals surface area contributed by atoms with Crippen LogP contribution in [0.3, 0.4) is 0 Å². The number of hydrogen-bond acceptors (Lipinski definition) is 1. The first-order valence-corrected chi connectivity index (χ1v) is 3.70. The van der Waals surface area contributed by atoms with Crippen LogP contribution in [0.5, 0.6) is 0 Å². The number of halogens is 4. The van der Waals surface area contributed by atoms with Crippen molar-refractivity contribution in [1.82, 2.24) is 0 Å². The molecule has 1 aromatic rings. The molecule has 0 radical (unpaired) electrons. The Morgan fingerprint density at radius 2 is 1.75 bits per heavy atom. The second-order valence-electron chi connectivity index (χ2n) is 2.72. The SMILES string of the molecule is CC(=O)c1c(F)cccc1C(F)(F)F.[CH3-].[W]. The Hall–Kier alpha value is -0.702. The van der Waals surface area contributed by atoms with Gasteiger partial charge in [0.05, 0.1) is 11.1 Å². The zero-order valence-electron chi connectivity index (χ0n) is 8.56. The summed E-state index contributed by atoms with van der Waals surface area (Å²) in [6, 6.07) is 2.43. The predicted molar refractivity (Wildman–Crippen MR) is 47.8 cm³/mol. The van der Waals surface area contributed by atoms with Gasteiger partial charge in [-0.15, -0.1) is 0 Å². The Balaban J connectivity index is 0. The summed E-state index contributed by atoms with van der Waals surface area (Å²) in [6.45, 7) is 0.896. The third-order valence-electron chi connectivity index (χ3n) is 1.67.